The lowest BCUT2D eigenvalue weighted by molar-refractivity contribution is 0.122. The van der Waals surface area contributed by atoms with Crippen molar-refractivity contribution < 1.29 is 5.11 Å². The Labute approximate surface area is 66.2 Å². The highest BCUT2D eigenvalue weighted by Gasteiger charge is 2.42. The molecule has 2 aliphatic rings. The van der Waals surface area contributed by atoms with E-state index in [1.54, 1.807) is 0 Å². The maximum absolute atomic E-state index is 9.58. The molecule has 1 saturated carbocycles. The first kappa shape index (κ1) is 6.99. The van der Waals surface area contributed by atoms with Crippen molar-refractivity contribution in [3.63, 3.8) is 0 Å². The molecule has 2 rings (SSSR count). The van der Waals surface area contributed by atoms with E-state index < -0.39 is 0 Å². The third kappa shape index (κ3) is 1.48. The van der Waals surface area contributed by atoms with Crippen LogP contribution in [0.1, 0.15) is 25.7 Å². The number of hydrogen-bond acceptors (Lipinski definition) is 2. The standard InChI is InChI=1S/C8H14OS/c9-8(2-3-8)5-7-1-4-10-6-7/h7,9H,1-6H2. The average molecular weight is 158 g/mol. The first-order valence-electron chi connectivity index (χ1n) is 4.09. The first-order chi connectivity index (χ1) is 4.79. The van der Waals surface area contributed by atoms with E-state index in [1.165, 1.54) is 17.9 Å². The molecule has 10 heavy (non-hydrogen) atoms. The molecule has 1 atom stereocenters. The summed E-state index contributed by atoms with van der Waals surface area (Å²) in [6.07, 6.45) is 4.55. The van der Waals surface area contributed by atoms with E-state index in [0.717, 1.165) is 25.2 Å². The second kappa shape index (κ2) is 2.42. The van der Waals surface area contributed by atoms with Crippen molar-refractivity contribution in [1.29, 1.82) is 0 Å². The number of hydrogen-bond donors (Lipinski definition) is 1. The van der Waals surface area contributed by atoms with Gasteiger partial charge in [0, 0.05) is 0 Å². The van der Waals surface area contributed by atoms with Crippen molar-refractivity contribution in [1.82, 2.24) is 0 Å². The molecule has 0 aromatic carbocycles. The topological polar surface area (TPSA) is 20.2 Å². The predicted molar refractivity (Wildman–Crippen MR) is 44.2 cm³/mol. The fourth-order valence-electron chi connectivity index (χ4n) is 1.63. The van der Waals surface area contributed by atoms with Crippen LogP contribution in [0.5, 0.6) is 0 Å². The molecule has 1 unspecified atom stereocenters. The van der Waals surface area contributed by atoms with Crippen LogP contribution in [0.25, 0.3) is 0 Å². The van der Waals surface area contributed by atoms with Crippen LogP contribution in [0.15, 0.2) is 0 Å². The van der Waals surface area contributed by atoms with Crippen molar-refractivity contribution in [2.45, 2.75) is 31.3 Å². The summed E-state index contributed by atoms with van der Waals surface area (Å²) in [5.74, 6) is 3.45. The van der Waals surface area contributed by atoms with E-state index in [4.69, 9.17) is 0 Å². The van der Waals surface area contributed by atoms with Crippen LogP contribution in [0.4, 0.5) is 0 Å². The van der Waals surface area contributed by atoms with Crippen LogP contribution in [0.2, 0.25) is 0 Å². The average Bonchev–Trinajstić information content (AvgIpc) is 2.47. The van der Waals surface area contributed by atoms with Gasteiger partial charge in [-0.2, -0.15) is 11.8 Å². The van der Waals surface area contributed by atoms with E-state index in [0.29, 0.717) is 0 Å². The van der Waals surface area contributed by atoms with Crippen LogP contribution < -0.4 is 0 Å². The zero-order chi connectivity index (χ0) is 7.03. The van der Waals surface area contributed by atoms with Gasteiger partial charge in [-0.3, -0.25) is 0 Å². The van der Waals surface area contributed by atoms with Gasteiger partial charge in [0.05, 0.1) is 5.60 Å². The Kier molecular flexibility index (Phi) is 1.69. The second-order valence-electron chi connectivity index (χ2n) is 3.66. The fourth-order valence-corrected chi connectivity index (χ4v) is 2.91. The molecule has 0 bridgehead atoms. The third-order valence-electron chi connectivity index (χ3n) is 2.52. The van der Waals surface area contributed by atoms with Crippen LogP contribution >= 0.6 is 11.8 Å². The van der Waals surface area contributed by atoms with Gasteiger partial charge in [0.25, 0.3) is 0 Å². The molecule has 1 nitrogen and oxygen atoms in total. The predicted octanol–water partition coefficient (Wildman–Crippen LogP) is 1.65. The highest BCUT2D eigenvalue weighted by Crippen LogP contribution is 2.43. The summed E-state index contributed by atoms with van der Waals surface area (Å²) in [6, 6.07) is 0. The number of aliphatic hydroxyl groups is 1. The molecule has 0 spiro atoms. The van der Waals surface area contributed by atoms with Gasteiger partial charge in [-0.1, -0.05) is 0 Å². The van der Waals surface area contributed by atoms with Crippen molar-refractivity contribution in [2.75, 3.05) is 11.5 Å². The van der Waals surface area contributed by atoms with Crippen molar-refractivity contribution >= 4 is 11.8 Å². The van der Waals surface area contributed by atoms with Crippen LogP contribution in [-0.2, 0) is 0 Å². The van der Waals surface area contributed by atoms with Gasteiger partial charge < -0.3 is 5.11 Å². The summed E-state index contributed by atoms with van der Waals surface area (Å²) in [6.45, 7) is 0. The van der Waals surface area contributed by atoms with Crippen LogP contribution in [0, 0.1) is 5.92 Å². The number of rotatable bonds is 2. The zero-order valence-electron chi connectivity index (χ0n) is 6.18. The van der Waals surface area contributed by atoms with Crippen LogP contribution in [-0.4, -0.2) is 22.2 Å². The van der Waals surface area contributed by atoms with Gasteiger partial charge in [0.15, 0.2) is 0 Å². The highest BCUT2D eigenvalue weighted by molar-refractivity contribution is 7.99. The van der Waals surface area contributed by atoms with Gasteiger partial charge in [-0.15, -0.1) is 0 Å². The Morgan fingerprint density at radius 3 is 2.80 bits per heavy atom. The molecule has 2 heteroatoms. The molecule has 58 valence electrons. The Bertz CT molecular complexity index is 125. The molecule has 0 aromatic heterocycles. The summed E-state index contributed by atoms with van der Waals surface area (Å²) in [4.78, 5) is 0. The fraction of sp³-hybridized carbons (Fsp3) is 1.00. The van der Waals surface area contributed by atoms with E-state index in [1.807, 2.05) is 11.8 Å². The van der Waals surface area contributed by atoms with E-state index in [2.05, 4.69) is 0 Å². The van der Waals surface area contributed by atoms with E-state index >= 15 is 0 Å². The van der Waals surface area contributed by atoms with E-state index in [9.17, 15) is 5.11 Å². The maximum atomic E-state index is 9.58. The monoisotopic (exact) mass is 158 g/mol. The van der Waals surface area contributed by atoms with Gasteiger partial charge in [-0.05, 0) is 43.1 Å². The molecule has 0 amide bonds. The molecule has 1 heterocycles. The van der Waals surface area contributed by atoms with Crippen molar-refractivity contribution in [2.24, 2.45) is 5.92 Å². The lowest BCUT2D eigenvalue weighted by atomic mass is 10.00. The molecule has 1 N–H and O–H groups in total. The maximum Gasteiger partial charge on any atom is 0.0652 e. The molecular weight excluding hydrogens is 144 g/mol. The lowest BCUT2D eigenvalue weighted by Crippen LogP contribution is -2.13. The quantitative estimate of drug-likeness (QED) is 0.659. The summed E-state index contributed by atoms with van der Waals surface area (Å²) in [7, 11) is 0. The molecule has 1 saturated heterocycles. The second-order valence-corrected chi connectivity index (χ2v) is 4.81. The minimum Gasteiger partial charge on any atom is -0.390 e. The molecule has 1 aliphatic heterocycles. The third-order valence-corrected chi connectivity index (χ3v) is 3.75. The smallest absolute Gasteiger partial charge is 0.0652 e. The number of thioether (sulfide) groups is 1. The zero-order valence-corrected chi connectivity index (χ0v) is 6.99. The summed E-state index contributed by atoms with van der Waals surface area (Å²) in [5.41, 5.74) is -0.199. The Balaban J connectivity index is 1.78. The first-order valence-corrected chi connectivity index (χ1v) is 5.24. The minimum atomic E-state index is -0.199. The summed E-state index contributed by atoms with van der Waals surface area (Å²) >= 11 is 2.04. The minimum absolute atomic E-state index is 0.199. The van der Waals surface area contributed by atoms with Gasteiger partial charge in [-0.25, -0.2) is 0 Å². The Hall–Kier alpha value is 0.310. The molecule has 1 aliphatic carbocycles. The SMILES string of the molecule is OC1(CC2CCSC2)CC1. The highest BCUT2D eigenvalue weighted by atomic mass is 32.2. The van der Waals surface area contributed by atoms with Crippen molar-refractivity contribution in [3.05, 3.63) is 0 Å². The van der Waals surface area contributed by atoms with Gasteiger partial charge >= 0.3 is 0 Å². The Morgan fingerprint density at radius 1 is 1.50 bits per heavy atom. The van der Waals surface area contributed by atoms with Crippen LogP contribution in [0.3, 0.4) is 0 Å². The van der Waals surface area contributed by atoms with Gasteiger partial charge in [0.1, 0.15) is 0 Å². The Morgan fingerprint density at radius 2 is 2.30 bits per heavy atom. The largest absolute Gasteiger partial charge is 0.390 e. The summed E-state index contributed by atoms with van der Waals surface area (Å²) < 4.78 is 0. The van der Waals surface area contributed by atoms with Gasteiger partial charge in [0.2, 0.25) is 0 Å². The lowest BCUT2D eigenvalue weighted by Gasteiger charge is -2.11. The van der Waals surface area contributed by atoms with Crippen molar-refractivity contribution in [3.8, 4) is 0 Å². The normalized spacial score (nSPS) is 36.3. The molecule has 0 aromatic rings. The van der Waals surface area contributed by atoms with E-state index in [-0.39, 0.29) is 5.60 Å². The summed E-state index contributed by atoms with van der Waals surface area (Å²) in [5, 5.41) is 9.58. The molecule has 0 radical (unpaired) electrons. The molecule has 2 fully saturated rings. The molecular formula is C8H14OS.